The lowest BCUT2D eigenvalue weighted by Crippen LogP contribution is -2.51. The first-order valence-corrected chi connectivity index (χ1v) is 10.5. The van der Waals surface area contributed by atoms with E-state index >= 15 is 0 Å². The molecular formula is C20H31N3O2S. The van der Waals surface area contributed by atoms with E-state index in [1.54, 1.807) is 11.8 Å². The van der Waals surface area contributed by atoms with Crippen LogP contribution < -0.4 is 5.32 Å². The van der Waals surface area contributed by atoms with Crippen molar-refractivity contribution in [3.63, 3.8) is 0 Å². The molecule has 1 saturated heterocycles. The predicted octanol–water partition coefficient (Wildman–Crippen LogP) is 3.17. The summed E-state index contributed by atoms with van der Waals surface area (Å²) in [4.78, 5) is 30.0. The zero-order chi connectivity index (χ0) is 19.3. The number of carbonyl (C=O) groups excluding carboxylic acids is 2. The highest BCUT2D eigenvalue weighted by Crippen LogP contribution is 2.25. The molecule has 1 aromatic rings. The van der Waals surface area contributed by atoms with Crippen LogP contribution in [0, 0.1) is 11.8 Å². The van der Waals surface area contributed by atoms with Gasteiger partial charge in [-0.2, -0.15) is 0 Å². The second-order valence-corrected chi connectivity index (χ2v) is 8.38. The zero-order valence-electron chi connectivity index (χ0n) is 16.5. The van der Waals surface area contributed by atoms with Crippen molar-refractivity contribution in [3.8, 4) is 0 Å². The highest BCUT2D eigenvalue weighted by Gasteiger charge is 2.30. The van der Waals surface area contributed by atoms with Gasteiger partial charge < -0.3 is 10.2 Å². The lowest BCUT2D eigenvalue weighted by Gasteiger charge is -2.38. The van der Waals surface area contributed by atoms with Crippen LogP contribution in [0.3, 0.4) is 0 Å². The lowest BCUT2D eigenvalue weighted by molar-refractivity contribution is -0.139. The Labute approximate surface area is 161 Å². The van der Waals surface area contributed by atoms with Gasteiger partial charge >= 0.3 is 0 Å². The van der Waals surface area contributed by atoms with Crippen LogP contribution in [0.25, 0.3) is 0 Å². The highest BCUT2D eigenvalue weighted by atomic mass is 32.2. The minimum atomic E-state index is -0.311. The fourth-order valence-corrected chi connectivity index (χ4v) is 4.15. The number of para-hydroxylation sites is 1. The Morgan fingerprint density at radius 1 is 1.27 bits per heavy atom. The smallest absolute Gasteiger partial charge is 0.239 e. The maximum absolute atomic E-state index is 12.8. The van der Waals surface area contributed by atoms with E-state index in [1.165, 1.54) is 6.42 Å². The average molecular weight is 378 g/mol. The molecule has 26 heavy (non-hydrogen) atoms. The number of amides is 2. The third-order valence-corrected chi connectivity index (χ3v) is 5.77. The molecule has 0 aromatic heterocycles. The number of nitrogens with zero attached hydrogens (tertiary/aromatic N) is 2. The minimum absolute atomic E-state index is 0.103. The second kappa shape index (κ2) is 9.42. The van der Waals surface area contributed by atoms with Crippen molar-refractivity contribution in [1.29, 1.82) is 0 Å². The molecule has 1 aliphatic rings. The topological polar surface area (TPSA) is 52.7 Å². The second-order valence-electron chi connectivity index (χ2n) is 7.53. The summed E-state index contributed by atoms with van der Waals surface area (Å²) in [5.41, 5.74) is 0.816. The van der Waals surface area contributed by atoms with E-state index < -0.39 is 0 Å². The van der Waals surface area contributed by atoms with Crippen LogP contribution in [0.2, 0.25) is 0 Å². The van der Waals surface area contributed by atoms with Gasteiger partial charge in [-0.25, -0.2) is 0 Å². The first-order valence-electron chi connectivity index (χ1n) is 9.23. The van der Waals surface area contributed by atoms with Gasteiger partial charge in [0.2, 0.25) is 11.8 Å². The Bertz CT molecular complexity index is 627. The van der Waals surface area contributed by atoms with E-state index in [-0.39, 0.29) is 24.4 Å². The molecule has 2 amide bonds. The molecule has 3 atom stereocenters. The first-order chi connectivity index (χ1) is 12.3. The standard InChI is InChI=1S/C20H31N3O2S/c1-14-10-15(2)12-23(11-14)20(25)16(3)22(4)13-19(24)21-17-8-6-7-9-18(17)26-5/h6-9,14-16H,10-13H2,1-5H3,(H,21,24)/t14-,15-,16-/m1/s1. The minimum Gasteiger partial charge on any atom is -0.341 e. The van der Waals surface area contributed by atoms with Crippen molar-refractivity contribution in [1.82, 2.24) is 9.80 Å². The maximum atomic E-state index is 12.8. The monoisotopic (exact) mass is 377 g/mol. The van der Waals surface area contributed by atoms with E-state index in [1.807, 2.05) is 54.3 Å². The van der Waals surface area contributed by atoms with E-state index in [0.29, 0.717) is 11.8 Å². The van der Waals surface area contributed by atoms with E-state index in [2.05, 4.69) is 19.2 Å². The number of likely N-dealkylation sites (tertiary alicyclic amines) is 1. The number of likely N-dealkylation sites (N-methyl/N-ethyl adjacent to an activating group) is 1. The summed E-state index contributed by atoms with van der Waals surface area (Å²) in [5, 5.41) is 2.95. The number of hydrogen-bond acceptors (Lipinski definition) is 4. The molecule has 0 aliphatic carbocycles. The Kier molecular flexibility index (Phi) is 7.53. The summed E-state index contributed by atoms with van der Waals surface area (Å²) in [5.74, 6) is 1.08. The first kappa shape index (κ1) is 20.8. The van der Waals surface area contributed by atoms with Crippen LogP contribution in [0.5, 0.6) is 0 Å². The van der Waals surface area contributed by atoms with Crippen molar-refractivity contribution in [2.45, 2.75) is 38.1 Å². The van der Waals surface area contributed by atoms with Gasteiger partial charge in [-0.3, -0.25) is 14.5 Å². The van der Waals surface area contributed by atoms with E-state index in [4.69, 9.17) is 0 Å². The lowest BCUT2D eigenvalue weighted by atomic mass is 9.91. The zero-order valence-corrected chi connectivity index (χ0v) is 17.3. The van der Waals surface area contributed by atoms with Crippen LogP contribution in [-0.2, 0) is 9.59 Å². The molecule has 0 unspecified atom stereocenters. The third kappa shape index (κ3) is 5.48. The average Bonchev–Trinajstić information content (AvgIpc) is 2.59. The van der Waals surface area contributed by atoms with Crippen molar-refractivity contribution in [2.75, 3.05) is 38.3 Å². The third-order valence-electron chi connectivity index (χ3n) is 4.97. The van der Waals surface area contributed by atoms with E-state index in [9.17, 15) is 9.59 Å². The predicted molar refractivity (Wildman–Crippen MR) is 108 cm³/mol. The summed E-state index contributed by atoms with van der Waals surface area (Å²) >= 11 is 1.60. The van der Waals surface area contributed by atoms with Crippen molar-refractivity contribution >= 4 is 29.3 Å². The summed E-state index contributed by atoms with van der Waals surface area (Å²) < 4.78 is 0. The summed E-state index contributed by atoms with van der Waals surface area (Å²) in [6.45, 7) is 8.09. The maximum Gasteiger partial charge on any atom is 0.239 e. The van der Waals surface area contributed by atoms with Gasteiger partial charge in [0.1, 0.15) is 0 Å². The van der Waals surface area contributed by atoms with Crippen LogP contribution in [-0.4, -0.2) is 60.6 Å². The molecule has 1 heterocycles. The van der Waals surface area contributed by atoms with Crippen LogP contribution in [0.1, 0.15) is 27.2 Å². The molecule has 6 heteroatoms. The quantitative estimate of drug-likeness (QED) is 0.774. The molecule has 1 aliphatic heterocycles. The number of anilines is 1. The fourth-order valence-electron chi connectivity index (χ4n) is 3.60. The molecule has 1 fully saturated rings. The van der Waals surface area contributed by atoms with Gasteiger partial charge in [0.25, 0.3) is 0 Å². The fraction of sp³-hybridized carbons (Fsp3) is 0.600. The molecule has 1 aromatic carbocycles. The Balaban J connectivity index is 1.92. The molecule has 0 bridgehead atoms. The number of nitrogens with one attached hydrogen (secondary N) is 1. The Hall–Kier alpha value is -1.53. The van der Waals surface area contributed by atoms with Crippen molar-refractivity contribution < 1.29 is 9.59 Å². The number of carbonyl (C=O) groups is 2. The van der Waals surface area contributed by atoms with Gasteiger partial charge in [0.05, 0.1) is 18.3 Å². The molecule has 0 saturated carbocycles. The van der Waals surface area contributed by atoms with Gasteiger partial charge in [-0.1, -0.05) is 26.0 Å². The molecule has 5 nitrogen and oxygen atoms in total. The summed E-state index contributed by atoms with van der Waals surface area (Å²) in [6.07, 6.45) is 3.16. The normalized spacial score (nSPS) is 21.5. The highest BCUT2D eigenvalue weighted by molar-refractivity contribution is 7.98. The number of hydrogen-bond donors (Lipinski definition) is 1. The SMILES string of the molecule is CSc1ccccc1NC(=O)CN(C)[C@H](C)C(=O)N1C[C@H](C)C[C@@H](C)C1. The van der Waals surface area contributed by atoms with Gasteiger partial charge in [-0.05, 0) is 50.6 Å². The van der Waals surface area contributed by atoms with Gasteiger partial charge in [-0.15, -0.1) is 11.8 Å². The Morgan fingerprint density at radius 2 is 1.88 bits per heavy atom. The van der Waals surface area contributed by atoms with E-state index in [0.717, 1.165) is 23.7 Å². The molecule has 144 valence electrons. The van der Waals surface area contributed by atoms with Crippen molar-refractivity contribution in [2.24, 2.45) is 11.8 Å². The molecule has 2 rings (SSSR count). The number of piperidine rings is 1. The van der Waals surface area contributed by atoms with Crippen molar-refractivity contribution in [3.05, 3.63) is 24.3 Å². The molecule has 0 radical (unpaired) electrons. The summed E-state index contributed by atoms with van der Waals surface area (Å²) in [7, 11) is 1.83. The van der Waals surface area contributed by atoms with Crippen LogP contribution in [0.15, 0.2) is 29.2 Å². The van der Waals surface area contributed by atoms with Gasteiger partial charge in [0.15, 0.2) is 0 Å². The molecule has 1 N–H and O–H groups in total. The van der Waals surface area contributed by atoms with Gasteiger partial charge in [0, 0.05) is 18.0 Å². The number of rotatable bonds is 6. The largest absolute Gasteiger partial charge is 0.341 e. The molecule has 0 spiro atoms. The molecular weight excluding hydrogens is 346 g/mol. The van der Waals surface area contributed by atoms with Crippen LogP contribution in [0.4, 0.5) is 5.69 Å². The number of thioether (sulfide) groups is 1. The van der Waals surface area contributed by atoms with Crippen LogP contribution >= 0.6 is 11.8 Å². The number of benzene rings is 1. The Morgan fingerprint density at radius 3 is 2.50 bits per heavy atom. The summed E-state index contributed by atoms with van der Waals surface area (Å²) in [6, 6.07) is 7.43.